The topological polar surface area (TPSA) is 74.5 Å². The van der Waals surface area contributed by atoms with Crippen LogP contribution in [-0.4, -0.2) is 23.3 Å². The van der Waals surface area contributed by atoms with E-state index in [2.05, 4.69) is 10.2 Å². The molecule has 0 bridgehead atoms. The van der Waals surface area contributed by atoms with Gasteiger partial charge in [0.25, 0.3) is 5.89 Å². The Labute approximate surface area is 149 Å². The highest BCUT2D eigenvalue weighted by Gasteiger charge is 2.13. The summed E-state index contributed by atoms with van der Waals surface area (Å²) in [7, 11) is 1.53. The summed E-state index contributed by atoms with van der Waals surface area (Å²) in [5.41, 5.74) is 1.45. The molecule has 3 rings (SSSR count). The van der Waals surface area contributed by atoms with Crippen LogP contribution in [0.15, 0.2) is 52.9 Å². The van der Waals surface area contributed by atoms with Crippen molar-refractivity contribution in [3.63, 3.8) is 0 Å². The SMILES string of the molecule is COc1ccc(Cl)cc1CC(=O)OCc1nnc(-c2ccccc2)o1. The molecule has 1 heterocycles. The minimum absolute atomic E-state index is 0.0312. The summed E-state index contributed by atoms with van der Waals surface area (Å²) < 4.78 is 15.9. The molecule has 128 valence electrons. The van der Waals surface area contributed by atoms with Crippen molar-refractivity contribution in [2.45, 2.75) is 13.0 Å². The largest absolute Gasteiger partial charge is 0.496 e. The van der Waals surface area contributed by atoms with Gasteiger partial charge in [-0.3, -0.25) is 4.79 Å². The molecule has 0 aliphatic carbocycles. The van der Waals surface area contributed by atoms with Crippen LogP contribution in [0.25, 0.3) is 11.5 Å². The molecule has 25 heavy (non-hydrogen) atoms. The zero-order chi connectivity index (χ0) is 17.6. The number of benzene rings is 2. The van der Waals surface area contributed by atoms with Gasteiger partial charge in [0.05, 0.1) is 13.5 Å². The van der Waals surface area contributed by atoms with Crippen LogP contribution in [0.3, 0.4) is 0 Å². The highest BCUT2D eigenvalue weighted by Crippen LogP contribution is 2.23. The number of hydrogen-bond donors (Lipinski definition) is 0. The van der Waals surface area contributed by atoms with Gasteiger partial charge in [0, 0.05) is 16.1 Å². The van der Waals surface area contributed by atoms with Crippen LogP contribution in [-0.2, 0) is 22.6 Å². The number of ether oxygens (including phenoxy) is 2. The first-order valence-electron chi connectivity index (χ1n) is 7.51. The first-order chi connectivity index (χ1) is 12.2. The molecule has 0 unspecified atom stereocenters. The van der Waals surface area contributed by atoms with E-state index in [9.17, 15) is 4.79 Å². The molecule has 0 saturated heterocycles. The minimum atomic E-state index is -0.444. The second kappa shape index (κ2) is 7.81. The standard InChI is InChI=1S/C18H15ClN2O4/c1-23-15-8-7-14(19)9-13(15)10-17(22)24-11-16-20-21-18(25-16)12-5-3-2-4-6-12/h2-9H,10-11H2,1H3. The van der Waals surface area contributed by atoms with E-state index in [0.717, 1.165) is 5.56 Å². The van der Waals surface area contributed by atoms with Crippen molar-refractivity contribution in [2.24, 2.45) is 0 Å². The lowest BCUT2D eigenvalue weighted by atomic mass is 10.1. The molecule has 6 nitrogen and oxygen atoms in total. The quantitative estimate of drug-likeness (QED) is 0.626. The lowest BCUT2D eigenvalue weighted by molar-refractivity contribution is -0.144. The van der Waals surface area contributed by atoms with Crippen LogP contribution in [0.5, 0.6) is 5.75 Å². The average Bonchev–Trinajstić information content (AvgIpc) is 3.10. The van der Waals surface area contributed by atoms with Gasteiger partial charge in [-0.25, -0.2) is 0 Å². The summed E-state index contributed by atoms with van der Waals surface area (Å²) in [5, 5.41) is 8.34. The zero-order valence-electron chi connectivity index (χ0n) is 13.4. The van der Waals surface area contributed by atoms with E-state index >= 15 is 0 Å². The Hall–Kier alpha value is -2.86. The molecule has 0 amide bonds. The molecule has 0 spiro atoms. The summed E-state index contributed by atoms with van der Waals surface area (Å²) in [6, 6.07) is 14.4. The van der Waals surface area contributed by atoms with Gasteiger partial charge in [0.2, 0.25) is 5.89 Å². The number of carbonyl (C=O) groups is 1. The molecule has 2 aromatic carbocycles. The third-order valence-electron chi connectivity index (χ3n) is 3.42. The van der Waals surface area contributed by atoms with E-state index in [-0.39, 0.29) is 18.9 Å². The Kier molecular flexibility index (Phi) is 5.30. The van der Waals surface area contributed by atoms with Gasteiger partial charge in [-0.1, -0.05) is 29.8 Å². The Bertz CT molecular complexity index is 865. The highest BCUT2D eigenvalue weighted by atomic mass is 35.5. The molecule has 3 aromatic rings. The Morgan fingerprint density at radius 1 is 1.16 bits per heavy atom. The number of hydrogen-bond acceptors (Lipinski definition) is 6. The lowest BCUT2D eigenvalue weighted by Gasteiger charge is -2.08. The second-order valence-corrected chi connectivity index (χ2v) is 5.60. The summed E-state index contributed by atoms with van der Waals surface area (Å²) >= 11 is 5.95. The number of aromatic nitrogens is 2. The normalized spacial score (nSPS) is 10.5. The average molecular weight is 359 g/mol. The second-order valence-electron chi connectivity index (χ2n) is 5.16. The molecule has 0 fully saturated rings. The number of rotatable bonds is 6. The van der Waals surface area contributed by atoms with Crippen molar-refractivity contribution in [3.05, 3.63) is 65.0 Å². The van der Waals surface area contributed by atoms with Crippen LogP contribution < -0.4 is 4.74 Å². The summed E-state index contributed by atoms with van der Waals surface area (Å²) in [6.45, 7) is -0.0957. The lowest BCUT2D eigenvalue weighted by Crippen LogP contribution is -2.09. The van der Waals surface area contributed by atoms with E-state index < -0.39 is 5.97 Å². The van der Waals surface area contributed by atoms with E-state index in [1.807, 2.05) is 30.3 Å². The number of carbonyl (C=O) groups excluding carboxylic acids is 1. The minimum Gasteiger partial charge on any atom is -0.496 e. The molecule has 7 heteroatoms. The molecule has 0 aliphatic heterocycles. The van der Waals surface area contributed by atoms with Gasteiger partial charge in [0.15, 0.2) is 6.61 Å². The fourth-order valence-electron chi connectivity index (χ4n) is 2.24. The van der Waals surface area contributed by atoms with E-state index in [4.69, 9.17) is 25.5 Å². The molecular weight excluding hydrogens is 344 g/mol. The summed E-state index contributed by atoms with van der Waals surface area (Å²) in [6.07, 6.45) is 0.0312. The van der Waals surface area contributed by atoms with Crippen LogP contribution in [0, 0.1) is 0 Å². The fraction of sp³-hybridized carbons (Fsp3) is 0.167. The third kappa shape index (κ3) is 4.36. The van der Waals surface area contributed by atoms with Crippen molar-refractivity contribution in [1.29, 1.82) is 0 Å². The molecule has 0 saturated carbocycles. The van der Waals surface area contributed by atoms with Crippen LogP contribution >= 0.6 is 11.6 Å². The Morgan fingerprint density at radius 2 is 1.96 bits per heavy atom. The maximum absolute atomic E-state index is 12.0. The molecule has 0 N–H and O–H groups in total. The van der Waals surface area contributed by atoms with Crippen LogP contribution in [0.4, 0.5) is 0 Å². The zero-order valence-corrected chi connectivity index (χ0v) is 14.2. The van der Waals surface area contributed by atoms with Crippen molar-refractivity contribution in [3.8, 4) is 17.2 Å². The number of esters is 1. The van der Waals surface area contributed by atoms with Crippen molar-refractivity contribution in [2.75, 3.05) is 7.11 Å². The van der Waals surface area contributed by atoms with Gasteiger partial charge < -0.3 is 13.9 Å². The van der Waals surface area contributed by atoms with Crippen molar-refractivity contribution < 1.29 is 18.7 Å². The van der Waals surface area contributed by atoms with E-state index in [1.54, 1.807) is 18.2 Å². The van der Waals surface area contributed by atoms with Crippen molar-refractivity contribution in [1.82, 2.24) is 10.2 Å². The third-order valence-corrected chi connectivity index (χ3v) is 3.66. The maximum atomic E-state index is 12.0. The fourth-order valence-corrected chi connectivity index (χ4v) is 2.44. The first-order valence-corrected chi connectivity index (χ1v) is 7.89. The Morgan fingerprint density at radius 3 is 2.72 bits per heavy atom. The first kappa shape index (κ1) is 17.0. The molecule has 0 atom stereocenters. The molecule has 1 aromatic heterocycles. The Balaban J connectivity index is 1.60. The van der Waals surface area contributed by atoms with Gasteiger partial charge in [0.1, 0.15) is 5.75 Å². The maximum Gasteiger partial charge on any atom is 0.310 e. The smallest absolute Gasteiger partial charge is 0.310 e. The molecule has 0 radical (unpaired) electrons. The molecular formula is C18H15ClN2O4. The van der Waals surface area contributed by atoms with E-state index in [0.29, 0.717) is 22.2 Å². The van der Waals surface area contributed by atoms with Gasteiger partial charge in [-0.2, -0.15) is 0 Å². The number of nitrogens with zero attached hydrogens (tertiary/aromatic N) is 2. The van der Waals surface area contributed by atoms with Gasteiger partial charge in [-0.15, -0.1) is 10.2 Å². The van der Waals surface area contributed by atoms with Crippen LogP contribution in [0.2, 0.25) is 5.02 Å². The number of halogens is 1. The van der Waals surface area contributed by atoms with Gasteiger partial charge >= 0.3 is 5.97 Å². The predicted octanol–water partition coefficient (Wildman–Crippen LogP) is 3.68. The molecule has 0 aliphatic rings. The monoisotopic (exact) mass is 358 g/mol. The summed E-state index contributed by atoms with van der Waals surface area (Å²) in [5.74, 6) is 0.735. The van der Waals surface area contributed by atoms with Crippen LogP contribution in [0.1, 0.15) is 11.5 Å². The van der Waals surface area contributed by atoms with Crippen molar-refractivity contribution >= 4 is 17.6 Å². The summed E-state index contributed by atoms with van der Waals surface area (Å²) in [4.78, 5) is 12.0. The van der Waals surface area contributed by atoms with E-state index in [1.165, 1.54) is 7.11 Å². The number of methoxy groups -OCH3 is 1. The predicted molar refractivity (Wildman–Crippen MR) is 91.2 cm³/mol. The van der Waals surface area contributed by atoms with Gasteiger partial charge in [-0.05, 0) is 30.3 Å². The highest BCUT2D eigenvalue weighted by molar-refractivity contribution is 6.30.